The SMILES string of the molecule is COCC1CCC(COc2ccc(C(=O)Oc3cc(F)c(C#N)c(F)c3)cc2)CC1. The van der Waals surface area contributed by atoms with E-state index < -0.39 is 23.2 Å². The fourth-order valence-corrected chi connectivity index (χ4v) is 3.58. The Bertz CT molecular complexity index is 893. The number of halogens is 2. The molecule has 0 amide bonds. The molecule has 1 fully saturated rings. The van der Waals surface area contributed by atoms with Crippen LogP contribution < -0.4 is 9.47 Å². The van der Waals surface area contributed by atoms with Crippen molar-refractivity contribution >= 4 is 5.97 Å². The summed E-state index contributed by atoms with van der Waals surface area (Å²) >= 11 is 0. The van der Waals surface area contributed by atoms with Crippen molar-refractivity contribution in [1.82, 2.24) is 0 Å². The van der Waals surface area contributed by atoms with Gasteiger partial charge in [-0.2, -0.15) is 5.26 Å². The van der Waals surface area contributed by atoms with Crippen molar-refractivity contribution < 1.29 is 27.8 Å². The molecule has 1 aliphatic rings. The largest absolute Gasteiger partial charge is 0.493 e. The molecule has 0 saturated heterocycles. The first-order chi connectivity index (χ1) is 14.5. The van der Waals surface area contributed by atoms with E-state index in [1.165, 1.54) is 18.2 Å². The van der Waals surface area contributed by atoms with Gasteiger partial charge in [0.1, 0.15) is 34.8 Å². The molecule has 0 heterocycles. The molecule has 30 heavy (non-hydrogen) atoms. The first kappa shape index (κ1) is 21.7. The Morgan fingerprint density at radius 3 is 2.10 bits per heavy atom. The molecule has 0 radical (unpaired) electrons. The van der Waals surface area contributed by atoms with E-state index in [1.807, 2.05) is 0 Å². The molecule has 0 bridgehead atoms. The first-order valence-electron chi connectivity index (χ1n) is 9.83. The van der Waals surface area contributed by atoms with Crippen LogP contribution in [0.25, 0.3) is 0 Å². The monoisotopic (exact) mass is 415 g/mol. The number of esters is 1. The van der Waals surface area contributed by atoms with Gasteiger partial charge in [0, 0.05) is 25.8 Å². The van der Waals surface area contributed by atoms with E-state index >= 15 is 0 Å². The second kappa shape index (κ2) is 10.2. The first-order valence-corrected chi connectivity index (χ1v) is 9.83. The van der Waals surface area contributed by atoms with Gasteiger partial charge in [0.05, 0.1) is 12.2 Å². The van der Waals surface area contributed by atoms with Gasteiger partial charge in [-0.15, -0.1) is 0 Å². The highest BCUT2D eigenvalue weighted by molar-refractivity contribution is 5.91. The summed E-state index contributed by atoms with van der Waals surface area (Å²) in [5.41, 5.74) is -0.504. The predicted molar refractivity (Wildman–Crippen MR) is 105 cm³/mol. The number of hydrogen-bond acceptors (Lipinski definition) is 5. The number of benzene rings is 2. The van der Waals surface area contributed by atoms with Crippen molar-refractivity contribution in [3.05, 3.63) is 59.2 Å². The van der Waals surface area contributed by atoms with Gasteiger partial charge < -0.3 is 14.2 Å². The van der Waals surface area contributed by atoms with Crippen molar-refractivity contribution in [2.24, 2.45) is 11.8 Å². The average Bonchev–Trinajstić information content (AvgIpc) is 2.73. The number of rotatable bonds is 7. The van der Waals surface area contributed by atoms with Gasteiger partial charge in [0.15, 0.2) is 0 Å². The maximum atomic E-state index is 13.6. The van der Waals surface area contributed by atoms with Crippen molar-refractivity contribution in [2.45, 2.75) is 25.7 Å². The van der Waals surface area contributed by atoms with Crippen molar-refractivity contribution in [3.63, 3.8) is 0 Å². The van der Waals surface area contributed by atoms with Crippen LogP contribution in [0.15, 0.2) is 36.4 Å². The molecule has 0 aliphatic heterocycles. The van der Waals surface area contributed by atoms with E-state index in [-0.39, 0.29) is 11.3 Å². The highest BCUT2D eigenvalue weighted by atomic mass is 19.1. The molecule has 3 rings (SSSR count). The van der Waals surface area contributed by atoms with Gasteiger partial charge in [-0.1, -0.05) is 0 Å². The highest BCUT2D eigenvalue weighted by Gasteiger charge is 2.21. The Morgan fingerprint density at radius 1 is 1.00 bits per heavy atom. The number of ether oxygens (including phenoxy) is 3. The molecule has 2 aromatic carbocycles. The third-order valence-corrected chi connectivity index (χ3v) is 5.28. The molecule has 158 valence electrons. The summed E-state index contributed by atoms with van der Waals surface area (Å²) in [6.07, 6.45) is 4.50. The lowest BCUT2D eigenvalue weighted by Crippen LogP contribution is -2.22. The third-order valence-electron chi connectivity index (χ3n) is 5.28. The third kappa shape index (κ3) is 5.55. The molecule has 0 N–H and O–H groups in total. The van der Waals surface area contributed by atoms with Gasteiger partial charge in [-0.3, -0.25) is 0 Å². The minimum atomic E-state index is -1.08. The standard InChI is InChI=1S/C23H23F2NO4/c1-28-13-15-2-4-16(5-3-15)14-29-18-8-6-17(7-9-18)23(27)30-19-10-21(24)20(12-26)22(25)11-19/h6-11,15-16H,2-5,13-14H2,1H3. The van der Waals surface area contributed by atoms with Crippen LogP contribution in [0.3, 0.4) is 0 Å². The molecular weight excluding hydrogens is 392 g/mol. The molecule has 0 spiro atoms. The molecule has 0 aromatic heterocycles. The van der Waals surface area contributed by atoms with Crippen molar-refractivity contribution in [2.75, 3.05) is 20.3 Å². The van der Waals surface area contributed by atoms with E-state index in [9.17, 15) is 13.6 Å². The summed E-state index contributed by atoms with van der Waals surface area (Å²) in [6.45, 7) is 1.43. The van der Waals surface area contributed by atoms with Crippen LogP contribution in [-0.4, -0.2) is 26.3 Å². The van der Waals surface area contributed by atoms with Crippen LogP contribution in [0.1, 0.15) is 41.6 Å². The molecule has 1 aliphatic carbocycles. The zero-order valence-corrected chi connectivity index (χ0v) is 16.7. The maximum absolute atomic E-state index is 13.6. The number of carbonyl (C=O) groups excluding carboxylic acids is 1. The van der Waals surface area contributed by atoms with Gasteiger partial charge in [-0.25, -0.2) is 13.6 Å². The highest BCUT2D eigenvalue weighted by Crippen LogP contribution is 2.29. The number of nitrogens with zero attached hydrogens (tertiary/aromatic N) is 1. The summed E-state index contributed by atoms with van der Waals surface area (Å²) in [5, 5.41) is 8.68. The molecule has 2 aromatic rings. The molecule has 1 saturated carbocycles. The van der Waals surface area contributed by atoms with E-state index in [0.29, 0.717) is 24.2 Å². The zero-order valence-electron chi connectivity index (χ0n) is 16.7. The average molecular weight is 415 g/mol. The number of hydrogen-bond donors (Lipinski definition) is 0. The van der Waals surface area contributed by atoms with Crippen molar-refractivity contribution in [1.29, 1.82) is 5.26 Å². The Labute approximate surface area is 174 Å². The molecule has 0 unspecified atom stereocenters. The Hall–Kier alpha value is -2.98. The fourth-order valence-electron chi connectivity index (χ4n) is 3.58. The summed E-state index contributed by atoms with van der Waals surface area (Å²) in [6, 6.07) is 9.41. The second-order valence-electron chi connectivity index (χ2n) is 7.44. The summed E-state index contributed by atoms with van der Waals surface area (Å²) in [5.74, 6) is -1.46. The maximum Gasteiger partial charge on any atom is 0.343 e. The Balaban J connectivity index is 1.52. The topological polar surface area (TPSA) is 68.6 Å². The normalized spacial score (nSPS) is 18.5. The Kier molecular flexibility index (Phi) is 7.36. The van der Waals surface area contributed by atoms with E-state index in [0.717, 1.165) is 44.4 Å². The van der Waals surface area contributed by atoms with Gasteiger partial charge in [-0.05, 0) is 61.8 Å². The molecule has 7 heteroatoms. The summed E-state index contributed by atoms with van der Waals surface area (Å²) < 4.78 is 43.3. The summed E-state index contributed by atoms with van der Waals surface area (Å²) in [7, 11) is 1.73. The van der Waals surface area contributed by atoms with Crippen LogP contribution >= 0.6 is 0 Å². The van der Waals surface area contributed by atoms with E-state index in [2.05, 4.69) is 0 Å². The fraction of sp³-hybridized carbons (Fsp3) is 0.391. The minimum absolute atomic E-state index is 0.215. The lowest BCUT2D eigenvalue weighted by atomic mass is 9.83. The number of nitriles is 1. The quantitative estimate of drug-likeness (QED) is 0.476. The molecule has 0 atom stereocenters. The van der Waals surface area contributed by atoms with Crippen LogP contribution in [0.2, 0.25) is 0 Å². The zero-order chi connectivity index (χ0) is 21.5. The van der Waals surface area contributed by atoms with Crippen LogP contribution in [0.5, 0.6) is 11.5 Å². The van der Waals surface area contributed by atoms with Gasteiger partial charge in [0.25, 0.3) is 0 Å². The summed E-state index contributed by atoms with van der Waals surface area (Å²) in [4.78, 5) is 12.2. The van der Waals surface area contributed by atoms with Crippen LogP contribution in [0, 0.1) is 34.8 Å². The second-order valence-corrected chi connectivity index (χ2v) is 7.44. The van der Waals surface area contributed by atoms with Crippen LogP contribution in [0.4, 0.5) is 8.78 Å². The Morgan fingerprint density at radius 2 is 1.57 bits per heavy atom. The number of carbonyl (C=O) groups is 1. The lowest BCUT2D eigenvalue weighted by molar-refractivity contribution is 0.0734. The van der Waals surface area contributed by atoms with Gasteiger partial charge in [0.2, 0.25) is 0 Å². The lowest BCUT2D eigenvalue weighted by Gasteiger charge is -2.27. The van der Waals surface area contributed by atoms with E-state index in [4.69, 9.17) is 19.5 Å². The van der Waals surface area contributed by atoms with Crippen molar-refractivity contribution in [3.8, 4) is 17.6 Å². The van der Waals surface area contributed by atoms with Crippen LogP contribution in [-0.2, 0) is 4.74 Å². The van der Waals surface area contributed by atoms with E-state index in [1.54, 1.807) is 19.2 Å². The smallest absolute Gasteiger partial charge is 0.343 e. The molecular formula is C23H23F2NO4. The van der Waals surface area contributed by atoms with Gasteiger partial charge >= 0.3 is 5.97 Å². The number of methoxy groups -OCH3 is 1. The molecule has 5 nitrogen and oxygen atoms in total. The predicted octanol–water partition coefficient (Wildman–Crippen LogP) is 4.89. The minimum Gasteiger partial charge on any atom is -0.493 e.